The number of likely N-dealkylation sites (tertiary alicyclic amines) is 2. The summed E-state index contributed by atoms with van der Waals surface area (Å²) in [5.41, 5.74) is 2.13. The summed E-state index contributed by atoms with van der Waals surface area (Å²) in [6, 6.07) is 1.97. The van der Waals surface area contributed by atoms with Crippen molar-refractivity contribution in [3.8, 4) is 0 Å². The molecule has 3 aliphatic heterocycles. The number of nitrogens with zero attached hydrogens (tertiary/aromatic N) is 4. The van der Waals surface area contributed by atoms with Crippen LogP contribution in [0.1, 0.15) is 43.4 Å². The van der Waals surface area contributed by atoms with Gasteiger partial charge in [0, 0.05) is 57.3 Å². The smallest absolute Gasteiger partial charge is 0.267 e. The quantitative estimate of drug-likeness (QED) is 0.721. The molecule has 1 atom stereocenters. The standard InChI is InChI=1S/C22H30N4O4/c27-20-10-17(14-25(20)18-5-7-30-8-6-18)22(29)24-11-15(12-24)13-26-21(28)9-16-3-1-2-4-19(16)23-26/h9,15,17-18H,1-8,10-14H2. The Morgan fingerprint density at radius 2 is 1.87 bits per heavy atom. The normalized spacial score (nSPS) is 25.3. The lowest BCUT2D eigenvalue weighted by Crippen LogP contribution is -2.54. The van der Waals surface area contributed by atoms with Crippen molar-refractivity contribution in [1.29, 1.82) is 0 Å². The van der Waals surface area contributed by atoms with Crippen LogP contribution in [0.4, 0.5) is 0 Å². The van der Waals surface area contributed by atoms with Crippen molar-refractivity contribution in [2.75, 3.05) is 32.8 Å². The SMILES string of the molecule is O=C(C1CC(=O)N(C2CCOCC2)C1)N1CC(Cn2nc3c(cc2=O)CCCC3)C1. The fourth-order valence-electron chi connectivity index (χ4n) is 5.35. The molecular weight excluding hydrogens is 384 g/mol. The monoisotopic (exact) mass is 414 g/mol. The molecular formula is C22H30N4O4. The molecule has 1 aromatic rings. The maximum absolute atomic E-state index is 12.9. The van der Waals surface area contributed by atoms with Crippen LogP contribution in [-0.2, 0) is 33.7 Å². The summed E-state index contributed by atoms with van der Waals surface area (Å²) in [6.07, 6.45) is 6.22. The number of hydrogen-bond donors (Lipinski definition) is 0. The summed E-state index contributed by atoms with van der Waals surface area (Å²) in [7, 11) is 0. The van der Waals surface area contributed by atoms with E-state index in [0.29, 0.717) is 45.8 Å². The van der Waals surface area contributed by atoms with E-state index in [-0.39, 0.29) is 35.3 Å². The van der Waals surface area contributed by atoms with Crippen LogP contribution in [0, 0.1) is 11.8 Å². The van der Waals surface area contributed by atoms with E-state index in [9.17, 15) is 14.4 Å². The number of rotatable bonds is 4. The Morgan fingerprint density at radius 3 is 2.67 bits per heavy atom. The number of aryl methyl sites for hydroxylation is 2. The van der Waals surface area contributed by atoms with E-state index in [4.69, 9.17) is 4.74 Å². The lowest BCUT2D eigenvalue weighted by molar-refractivity contribution is -0.142. The first-order valence-corrected chi connectivity index (χ1v) is 11.3. The van der Waals surface area contributed by atoms with E-state index in [1.807, 2.05) is 9.80 Å². The molecule has 0 N–H and O–H groups in total. The van der Waals surface area contributed by atoms with Gasteiger partial charge in [0.05, 0.1) is 18.2 Å². The molecule has 30 heavy (non-hydrogen) atoms. The summed E-state index contributed by atoms with van der Waals surface area (Å²) in [5, 5.41) is 4.59. The number of hydrogen-bond acceptors (Lipinski definition) is 5. The van der Waals surface area contributed by atoms with E-state index in [1.54, 1.807) is 10.7 Å². The van der Waals surface area contributed by atoms with Crippen molar-refractivity contribution >= 4 is 11.8 Å². The molecule has 3 fully saturated rings. The lowest BCUT2D eigenvalue weighted by Gasteiger charge is -2.40. The van der Waals surface area contributed by atoms with Crippen LogP contribution in [0.15, 0.2) is 10.9 Å². The Labute approximate surface area is 176 Å². The van der Waals surface area contributed by atoms with Gasteiger partial charge in [0.25, 0.3) is 5.56 Å². The highest BCUT2D eigenvalue weighted by molar-refractivity contribution is 5.89. The van der Waals surface area contributed by atoms with Crippen molar-refractivity contribution in [2.45, 2.75) is 57.5 Å². The number of carbonyl (C=O) groups is 2. The Balaban J connectivity index is 1.15. The highest BCUT2D eigenvalue weighted by Gasteiger charge is 2.42. The van der Waals surface area contributed by atoms with Crippen LogP contribution in [0.25, 0.3) is 0 Å². The van der Waals surface area contributed by atoms with Gasteiger partial charge in [-0.05, 0) is 44.1 Å². The van der Waals surface area contributed by atoms with Gasteiger partial charge < -0.3 is 14.5 Å². The molecule has 4 aliphatic rings. The average molecular weight is 415 g/mol. The van der Waals surface area contributed by atoms with E-state index in [2.05, 4.69) is 5.10 Å². The zero-order chi connectivity index (χ0) is 20.7. The topological polar surface area (TPSA) is 84.7 Å². The molecule has 1 aliphatic carbocycles. The number of aromatic nitrogens is 2. The van der Waals surface area contributed by atoms with Gasteiger partial charge in [-0.2, -0.15) is 5.10 Å². The van der Waals surface area contributed by atoms with Crippen molar-refractivity contribution < 1.29 is 14.3 Å². The molecule has 0 saturated carbocycles. The lowest BCUT2D eigenvalue weighted by atomic mass is 9.95. The largest absolute Gasteiger partial charge is 0.381 e. The third-order valence-corrected chi connectivity index (χ3v) is 7.11. The first kappa shape index (κ1) is 19.7. The Hall–Kier alpha value is -2.22. The van der Waals surface area contributed by atoms with E-state index >= 15 is 0 Å². The van der Waals surface area contributed by atoms with Gasteiger partial charge in [-0.15, -0.1) is 0 Å². The van der Waals surface area contributed by atoms with Crippen molar-refractivity contribution in [1.82, 2.24) is 19.6 Å². The molecule has 2 amide bonds. The van der Waals surface area contributed by atoms with Crippen LogP contribution in [0.5, 0.6) is 0 Å². The molecule has 0 radical (unpaired) electrons. The van der Waals surface area contributed by atoms with Gasteiger partial charge in [0.2, 0.25) is 11.8 Å². The molecule has 4 heterocycles. The molecule has 0 aromatic carbocycles. The van der Waals surface area contributed by atoms with E-state index in [0.717, 1.165) is 49.8 Å². The molecule has 3 saturated heterocycles. The van der Waals surface area contributed by atoms with Gasteiger partial charge in [0.15, 0.2) is 0 Å². The molecule has 5 rings (SSSR count). The molecule has 8 nitrogen and oxygen atoms in total. The second-order valence-corrected chi connectivity index (χ2v) is 9.24. The highest BCUT2D eigenvalue weighted by Crippen LogP contribution is 2.29. The van der Waals surface area contributed by atoms with Gasteiger partial charge >= 0.3 is 0 Å². The first-order valence-electron chi connectivity index (χ1n) is 11.3. The molecule has 0 bridgehead atoms. The van der Waals surface area contributed by atoms with Crippen molar-refractivity contribution in [2.24, 2.45) is 11.8 Å². The van der Waals surface area contributed by atoms with Gasteiger partial charge in [-0.25, -0.2) is 4.68 Å². The van der Waals surface area contributed by atoms with Crippen LogP contribution in [0.3, 0.4) is 0 Å². The van der Waals surface area contributed by atoms with E-state index < -0.39 is 0 Å². The summed E-state index contributed by atoms with van der Waals surface area (Å²) in [6.45, 7) is 3.77. The maximum atomic E-state index is 12.9. The summed E-state index contributed by atoms with van der Waals surface area (Å²) in [4.78, 5) is 41.5. The predicted octanol–water partition coefficient (Wildman–Crippen LogP) is 0.608. The number of carbonyl (C=O) groups excluding carboxylic acids is 2. The van der Waals surface area contributed by atoms with Crippen molar-refractivity contribution in [3.63, 3.8) is 0 Å². The third kappa shape index (κ3) is 3.77. The average Bonchev–Trinajstić information content (AvgIpc) is 3.12. The highest BCUT2D eigenvalue weighted by atomic mass is 16.5. The summed E-state index contributed by atoms with van der Waals surface area (Å²) < 4.78 is 6.98. The molecule has 1 unspecified atom stereocenters. The third-order valence-electron chi connectivity index (χ3n) is 7.11. The second-order valence-electron chi connectivity index (χ2n) is 9.24. The van der Waals surface area contributed by atoms with Crippen LogP contribution < -0.4 is 5.56 Å². The predicted molar refractivity (Wildman–Crippen MR) is 109 cm³/mol. The molecule has 1 aromatic heterocycles. The van der Waals surface area contributed by atoms with Crippen LogP contribution in [-0.4, -0.2) is 70.3 Å². The minimum Gasteiger partial charge on any atom is -0.381 e. The van der Waals surface area contributed by atoms with Crippen molar-refractivity contribution in [3.05, 3.63) is 27.7 Å². The zero-order valence-corrected chi connectivity index (χ0v) is 17.4. The summed E-state index contributed by atoms with van der Waals surface area (Å²) >= 11 is 0. The molecule has 8 heteroatoms. The molecule has 0 spiro atoms. The number of amides is 2. The minimum atomic E-state index is -0.231. The fraction of sp³-hybridized carbons (Fsp3) is 0.727. The Morgan fingerprint density at radius 1 is 1.10 bits per heavy atom. The Kier molecular flexibility index (Phi) is 5.35. The zero-order valence-electron chi connectivity index (χ0n) is 17.4. The maximum Gasteiger partial charge on any atom is 0.267 e. The Bertz CT molecular complexity index is 886. The van der Waals surface area contributed by atoms with Gasteiger partial charge in [-0.3, -0.25) is 14.4 Å². The van der Waals surface area contributed by atoms with Crippen LogP contribution in [0.2, 0.25) is 0 Å². The van der Waals surface area contributed by atoms with E-state index in [1.165, 1.54) is 0 Å². The minimum absolute atomic E-state index is 0.0334. The number of fused-ring (bicyclic) bond motifs is 1. The second kappa shape index (κ2) is 8.13. The first-order chi connectivity index (χ1) is 14.6. The number of ether oxygens (including phenoxy) is 1. The van der Waals surface area contributed by atoms with Gasteiger partial charge in [-0.1, -0.05) is 0 Å². The fourth-order valence-corrected chi connectivity index (χ4v) is 5.35. The van der Waals surface area contributed by atoms with Gasteiger partial charge in [0.1, 0.15) is 0 Å². The van der Waals surface area contributed by atoms with Crippen LogP contribution >= 0.6 is 0 Å². The summed E-state index contributed by atoms with van der Waals surface area (Å²) in [5.74, 6) is 0.206. The molecule has 162 valence electrons.